The molecule has 10 heteroatoms. The van der Waals surface area contributed by atoms with Crippen molar-refractivity contribution in [2.75, 3.05) is 26.9 Å². The van der Waals surface area contributed by atoms with Crippen molar-refractivity contribution in [1.82, 2.24) is 5.32 Å². The van der Waals surface area contributed by atoms with E-state index in [1.54, 1.807) is 13.2 Å². The van der Waals surface area contributed by atoms with Crippen molar-refractivity contribution in [2.24, 2.45) is 21.6 Å². The molecule has 0 saturated carbocycles. The van der Waals surface area contributed by atoms with Gasteiger partial charge in [-0.3, -0.25) is 4.79 Å². The molecule has 3 aliphatic heterocycles. The Balaban J connectivity index is 1.69. The molecule has 3 heterocycles. The van der Waals surface area contributed by atoms with Crippen LogP contribution < -0.4 is 15.8 Å². The summed E-state index contributed by atoms with van der Waals surface area (Å²) in [6, 6.07) is 1.29. The zero-order valence-corrected chi connectivity index (χ0v) is 17.3. The highest BCUT2D eigenvalue weighted by Gasteiger charge is 2.40. The third kappa shape index (κ3) is 3.50. The Morgan fingerprint density at radius 1 is 1.46 bits per heavy atom. The molecule has 0 fully saturated rings. The molecule has 7 nitrogen and oxygen atoms in total. The topological polar surface area (TPSA) is 98.3 Å². The molecule has 3 N–H and O–H groups in total. The molecule has 1 amide bonds. The Bertz CT molecular complexity index is 932. The maximum absolute atomic E-state index is 12.4. The number of carbonyl (C=O) groups excluding carboxylic acids is 1. The second-order valence-corrected chi connectivity index (χ2v) is 8.33. The van der Waals surface area contributed by atoms with Gasteiger partial charge in [-0.15, -0.1) is 0 Å². The Hall–Kier alpha value is -1.74. The van der Waals surface area contributed by atoms with Gasteiger partial charge in [-0.2, -0.15) is 0 Å². The minimum absolute atomic E-state index is 0.164. The van der Waals surface area contributed by atoms with Crippen molar-refractivity contribution in [1.29, 1.82) is 0 Å². The van der Waals surface area contributed by atoms with Crippen LogP contribution in [0.3, 0.4) is 0 Å². The number of amides is 1. The zero-order valence-electron chi connectivity index (χ0n) is 15.0. The average molecular weight is 441 g/mol. The highest BCUT2D eigenvalue weighted by molar-refractivity contribution is 8.18. The quantitative estimate of drug-likeness (QED) is 0.685. The number of aliphatic imine (C=N–C) groups is 2. The largest absolute Gasteiger partial charge is 0.491 e. The van der Waals surface area contributed by atoms with E-state index in [1.165, 1.54) is 11.8 Å². The number of halogens is 2. The molecule has 148 valence electrons. The summed E-state index contributed by atoms with van der Waals surface area (Å²) >= 11 is 14.1. The van der Waals surface area contributed by atoms with Crippen LogP contribution in [0.5, 0.6) is 5.75 Å². The molecule has 2 atom stereocenters. The number of benzene rings is 1. The SMILES string of the molecule is COCCNC(=O)C1=CC2C(=NC(N)=NC2c2c(Cl)cc(Cl)c3c2CCO3)S1. The van der Waals surface area contributed by atoms with Crippen LogP contribution in [0.25, 0.3) is 0 Å². The number of nitrogens with one attached hydrogen (secondary N) is 1. The maximum Gasteiger partial charge on any atom is 0.257 e. The summed E-state index contributed by atoms with van der Waals surface area (Å²) in [5.74, 6) is 0.416. The fourth-order valence-electron chi connectivity index (χ4n) is 3.50. The van der Waals surface area contributed by atoms with Gasteiger partial charge >= 0.3 is 0 Å². The third-order valence-corrected chi connectivity index (χ3v) is 6.41. The number of guanidine groups is 1. The van der Waals surface area contributed by atoms with Crippen LogP contribution in [0, 0.1) is 5.92 Å². The first kappa shape index (κ1) is 19.6. The molecule has 1 aromatic carbocycles. The standard InChI is InChI=1S/C18H18Cl2N4O3S/c1-26-5-3-22-16(25)12-6-9-14(23-18(21)24-17(9)28-12)13-8-2-4-27-15(8)11(20)7-10(13)19/h6-7,9,14H,2-5H2,1H3,(H2,21,23)(H,22,25). The summed E-state index contributed by atoms with van der Waals surface area (Å²) in [5, 5.41) is 4.54. The molecule has 0 aliphatic carbocycles. The molecule has 4 rings (SSSR count). The van der Waals surface area contributed by atoms with E-state index in [1.807, 2.05) is 6.08 Å². The lowest BCUT2D eigenvalue weighted by Crippen LogP contribution is -2.27. The number of rotatable bonds is 5. The number of carbonyl (C=O) groups is 1. The van der Waals surface area contributed by atoms with Gasteiger partial charge in [-0.05, 0) is 6.07 Å². The van der Waals surface area contributed by atoms with Gasteiger partial charge in [0.25, 0.3) is 5.91 Å². The summed E-state index contributed by atoms with van der Waals surface area (Å²) in [4.78, 5) is 21.9. The van der Waals surface area contributed by atoms with Crippen LogP contribution in [-0.4, -0.2) is 43.8 Å². The first-order valence-electron chi connectivity index (χ1n) is 8.71. The van der Waals surface area contributed by atoms with Crippen LogP contribution in [0.4, 0.5) is 0 Å². The van der Waals surface area contributed by atoms with E-state index in [0.29, 0.717) is 46.9 Å². The molecule has 28 heavy (non-hydrogen) atoms. The minimum atomic E-state index is -0.385. The molecule has 3 aliphatic rings. The molecule has 0 bridgehead atoms. The number of hydrogen-bond acceptors (Lipinski definition) is 7. The van der Waals surface area contributed by atoms with Gasteiger partial charge in [0.15, 0.2) is 0 Å². The van der Waals surface area contributed by atoms with E-state index < -0.39 is 0 Å². The monoisotopic (exact) mass is 440 g/mol. The van der Waals surface area contributed by atoms with Crippen molar-refractivity contribution < 1.29 is 14.3 Å². The summed E-state index contributed by atoms with van der Waals surface area (Å²) in [6.07, 6.45) is 2.57. The van der Waals surface area contributed by atoms with Crippen LogP contribution in [0.1, 0.15) is 17.2 Å². The molecule has 1 aromatic rings. The smallest absolute Gasteiger partial charge is 0.257 e. The molecular formula is C18H18Cl2N4O3S. The fourth-order valence-corrected chi connectivity index (χ4v) is 5.25. The number of hydrogen-bond donors (Lipinski definition) is 2. The number of thioether (sulfide) groups is 1. The lowest BCUT2D eigenvalue weighted by atomic mass is 9.89. The molecule has 0 aromatic heterocycles. The highest BCUT2D eigenvalue weighted by atomic mass is 35.5. The normalized spacial score (nSPS) is 22.6. The van der Waals surface area contributed by atoms with Gasteiger partial charge in [0.1, 0.15) is 5.75 Å². The number of fused-ring (bicyclic) bond motifs is 2. The van der Waals surface area contributed by atoms with Crippen LogP contribution >= 0.6 is 35.0 Å². The zero-order chi connectivity index (χ0) is 19.8. The van der Waals surface area contributed by atoms with Crippen molar-refractivity contribution in [2.45, 2.75) is 12.5 Å². The maximum atomic E-state index is 12.4. The predicted molar refractivity (Wildman–Crippen MR) is 112 cm³/mol. The summed E-state index contributed by atoms with van der Waals surface area (Å²) in [6.45, 7) is 1.41. The van der Waals surface area contributed by atoms with Gasteiger partial charge in [0.2, 0.25) is 5.96 Å². The average Bonchev–Trinajstić information content (AvgIpc) is 3.29. The number of methoxy groups -OCH3 is 1. The van der Waals surface area contributed by atoms with E-state index in [2.05, 4.69) is 15.3 Å². The first-order chi connectivity index (χ1) is 13.5. The van der Waals surface area contributed by atoms with Crippen molar-refractivity contribution in [3.63, 3.8) is 0 Å². The number of nitrogens with two attached hydrogens (primary N) is 1. The highest BCUT2D eigenvalue weighted by Crippen LogP contribution is 2.49. The molecule has 0 spiro atoms. The lowest BCUT2D eigenvalue weighted by molar-refractivity contribution is -0.117. The fraction of sp³-hybridized carbons (Fsp3) is 0.389. The Kier molecular flexibility index (Phi) is 5.55. The van der Waals surface area contributed by atoms with Gasteiger partial charge < -0.3 is 20.5 Å². The summed E-state index contributed by atoms with van der Waals surface area (Å²) < 4.78 is 10.6. The van der Waals surface area contributed by atoms with Gasteiger partial charge in [0, 0.05) is 36.2 Å². The molecular weight excluding hydrogens is 423 g/mol. The van der Waals surface area contributed by atoms with Gasteiger partial charge in [-0.25, -0.2) is 9.98 Å². The third-order valence-electron chi connectivity index (χ3n) is 4.70. The van der Waals surface area contributed by atoms with Gasteiger partial charge in [-0.1, -0.05) is 41.0 Å². The first-order valence-corrected chi connectivity index (χ1v) is 10.3. The van der Waals surface area contributed by atoms with Crippen LogP contribution in [-0.2, 0) is 16.0 Å². The second-order valence-electron chi connectivity index (χ2n) is 6.45. The van der Waals surface area contributed by atoms with E-state index >= 15 is 0 Å². The second kappa shape index (κ2) is 7.94. The predicted octanol–water partition coefficient (Wildman–Crippen LogP) is 2.71. The Morgan fingerprint density at radius 2 is 2.29 bits per heavy atom. The van der Waals surface area contributed by atoms with E-state index in [9.17, 15) is 4.79 Å². The summed E-state index contributed by atoms with van der Waals surface area (Å²) in [5.41, 5.74) is 7.74. The van der Waals surface area contributed by atoms with Crippen molar-refractivity contribution in [3.8, 4) is 5.75 Å². The van der Waals surface area contributed by atoms with Crippen molar-refractivity contribution >= 4 is 51.9 Å². The van der Waals surface area contributed by atoms with Gasteiger partial charge in [0.05, 0.1) is 40.1 Å². The number of ether oxygens (including phenoxy) is 2. The van der Waals surface area contributed by atoms with E-state index in [-0.39, 0.29) is 23.8 Å². The van der Waals surface area contributed by atoms with Crippen LogP contribution in [0.2, 0.25) is 10.0 Å². The molecule has 0 radical (unpaired) electrons. The molecule has 0 saturated heterocycles. The number of nitrogens with zero attached hydrogens (tertiary/aromatic N) is 2. The van der Waals surface area contributed by atoms with Crippen LogP contribution in [0.15, 0.2) is 27.0 Å². The summed E-state index contributed by atoms with van der Waals surface area (Å²) in [7, 11) is 1.59. The minimum Gasteiger partial charge on any atom is -0.491 e. The Morgan fingerprint density at radius 3 is 3.07 bits per heavy atom. The molecule has 2 unspecified atom stereocenters. The Labute approximate surface area is 176 Å². The lowest BCUT2D eigenvalue weighted by Gasteiger charge is -2.25. The van der Waals surface area contributed by atoms with E-state index in [0.717, 1.165) is 16.2 Å². The van der Waals surface area contributed by atoms with E-state index in [4.69, 9.17) is 38.4 Å². The van der Waals surface area contributed by atoms with Crippen molar-refractivity contribution in [3.05, 3.63) is 38.2 Å².